The third kappa shape index (κ3) is 6.50. The Bertz CT molecular complexity index is 332. The van der Waals surface area contributed by atoms with Crippen molar-refractivity contribution in [3.8, 4) is 0 Å². The van der Waals surface area contributed by atoms with Crippen LogP contribution in [0, 0.1) is 5.92 Å². The van der Waals surface area contributed by atoms with E-state index in [0.29, 0.717) is 5.92 Å². The first kappa shape index (κ1) is 19.2. The van der Waals surface area contributed by atoms with Gasteiger partial charge in [0.25, 0.3) is 0 Å². The number of methoxy groups -OCH3 is 2. The number of hydrogen-bond donors (Lipinski definition) is 1. The predicted octanol–water partition coefficient (Wildman–Crippen LogP) is 2.23. The topological polar surface area (TPSA) is 60.0 Å². The molecule has 6 heteroatoms. The molecule has 0 aromatic heterocycles. The molecule has 0 saturated carbocycles. The van der Waals surface area contributed by atoms with Crippen molar-refractivity contribution in [3.05, 3.63) is 0 Å². The van der Waals surface area contributed by atoms with Crippen LogP contribution in [0.15, 0.2) is 0 Å². The van der Waals surface area contributed by atoms with E-state index in [1.807, 2.05) is 27.7 Å². The van der Waals surface area contributed by atoms with Gasteiger partial charge in [0.2, 0.25) is 0 Å². The number of rotatable bonds is 6. The van der Waals surface area contributed by atoms with Crippen LogP contribution in [-0.2, 0) is 14.2 Å². The highest BCUT2D eigenvalue weighted by Crippen LogP contribution is 2.19. The lowest BCUT2D eigenvalue weighted by Crippen LogP contribution is -2.46. The Hall–Kier alpha value is -0.850. The van der Waals surface area contributed by atoms with Crippen LogP contribution in [0.25, 0.3) is 0 Å². The zero-order valence-electron chi connectivity index (χ0n) is 14.8. The number of nitrogens with one attached hydrogen (secondary N) is 1. The third-order valence-electron chi connectivity index (χ3n) is 3.87. The summed E-state index contributed by atoms with van der Waals surface area (Å²) in [5.74, 6) is 0.565. The lowest BCUT2D eigenvalue weighted by atomic mass is 9.97. The number of likely N-dealkylation sites (tertiary alicyclic amines) is 1. The molecule has 22 heavy (non-hydrogen) atoms. The van der Waals surface area contributed by atoms with Gasteiger partial charge in [0.15, 0.2) is 6.29 Å². The first-order valence-electron chi connectivity index (χ1n) is 8.03. The van der Waals surface area contributed by atoms with E-state index in [9.17, 15) is 4.79 Å². The number of carbonyl (C=O) groups excluding carboxylic acids is 1. The second-order valence-corrected chi connectivity index (χ2v) is 6.95. The molecule has 0 bridgehead atoms. The zero-order chi connectivity index (χ0) is 16.8. The summed E-state index contributed by atoms with van der Waals surface area (Å²) in [4.78, 5) is 13.8. The predicted molar refractivity (Wildman–Crippen MR) is 85.8 cm³/mol. The van der Waals surface area contributed by atoms with Crippen molar-refractivity contribution in [2.24, 2.45) is 5.92 Å². The van der Waals surface area contributed by atoms with Crippen molar-refractivity contribution in [2.75, 3.05) is 33.9 Å². The van der Waals surface area contributed by atoms with E-state index in [1.165, 1.54) is 0 Å². The molecule has 1 unspecified atom stereocenters. The van der Waals surface area contributed by atoms with Gasteiger partial charge in [-0.3, -0.25) is 0 Å². The normalized spacial score (nSPS) is 18.6. The Morgan fingerprint density at radius 2 is 1.77 bits per heavy atom. The van der Waals surface area contributed by atoms with Crippen LogP contribution in [0.5, 0.6) is 0 Å². The quantitative estimate of drug-likeness (QED) is 0.762. The van der Waals surface area contributed by atoms with Crippen molar-refractivity contribution < 1.29 is 19.0 Å². The average molecular weight is 316 g/mol. The summed E-state index contributed by atoms with van der Waals surface area (Å²) < 4.78 is 15.9. The number of ether oxygens (including phenoxy) is 3. The zero-order valence-corrected chi connectivity index (χ0v) is 14.8. The monoisotopic (exact) mass is 316 g/mol. The highest BCUT2D eigenvalue weighted by Gasteiger charge is 2.27. The molecule has 1 atom stereocenters. The van der Waals surface area contributed by atoms with Gasteiger partial charge >= 0.3 is 6.09 Å². The lowest BCUT2D eigenvalue weighted by Gasteiger charge is -2.34. The van der Waals surface area contributed by atoms with E-state index >= 15 is 0 Å². The van der Waals surface area contributed by atoms with E-state index in [2.05, 4.69) is 5.32 Å². The van der Waals surface area contributed by atoms with Crippen molar-refractivity contribution in [1.29, 1.82) is 0 Å². The first-order chi connectivity index (χ1) is 10.3. The van der Waals surface area contributed by atoms with Gasteiger partial charge in [0.1, 0.15) is 5.60 Å². The molecule has 0 aromatic carbocycles. The highest BCUT2D eigenvalue weighted by molar-refractivity contribution is 5.68. The fourth-order valence-corrected chi connectivity index (χ4v) is 2.60. The van der Waals surface area contributed by atoms with Crippen molar-refractivity contribution >= 4 is 6.09 Å². The maximum absolute atomic E-state index is 12.0. The van der Waals surface area contributed by atoms with Gasteiger partial charge in [-0.05, 0) is 53.0 Å². The maximum atomic E-state index is 12.0. The number of hydrogen-bond acceptors (Lipinski definition) is 5. The summed E-state index contributed by atoms with van der Waals surface area (Å²) in [6.07, 6.45) is 1.54. The Balaban J connectivity index is 2.29. The summed E-state index contributed by atoms with van der Waals surface area (Å²) in [5, 5.41) is 3.45. The van der Waals surface area contributed by atoms with E-state index in [0.717, 1.165) is 32.5 Å². The molecular weight excluding hydrogens is 284 g/mol. The Morgan fingerprint density at radius 3 is 2.23 bits per heavy atom. The number of piperidine rings is 1. The molecule has 1 heterocycles. The number of carbonyl (C=O) groups is 1. The van der Waals surface area contributed by atoms with Gasteiger partial charge in [-0.1, -0.05) is 0 Å². The molecule has 1 amide bonds. The fourth-order valence-electron chi connectivity index (χ4n) is 2.60. The SMILES string of the molecule is COC(OC)C(C)NCC1CCN(C(=O)OC(C)(C)C)CC1. The molecule has 0 radical (unpaired) electrons. The van der Waals surface area contributed by atoms with E-state index in [4.69, 9.17) is 14.2 Å². The van der Waals surface area contributed by atoms with E-state index in [-0.39, 0.29) is 18.4 Å². The molecule has 0 spiro atoms. The molecule has 0 aromatic rings. The molecule has 1 N–H and O–H groups in total. The first-order valence-corrected chi connectivity index (χ1v) is 8.03. The second kappa shape index (κ2) is 8.70. The molecular formula is C16H32N2O4. The lowest BCUT2D eigenvalue weighted by molar-refractivity contribution is -0.119. The van der Waals surface area contributed by atoms with Crippen LogP contribution < -0.4 is 5.32 Å². The largest absolute Gasteiger partial charge is 0.444 e. The standard InChI is InChI=1S/C16H32N2O4/c1-12(14(20-5)21-6)17-11-13-7-9-18(10-8-13)15(19)22-16(2,3)4/h12-14,17H,7-11H2,1-6H3. The molecule has 1 rings (SSSR count). The minimum Gasteiger partial charge on any atom is -0.444 e. The smallest absolute Gasteiger partial charge is 0.410 e. The van der Waals surface area contributed by atoms with Crippen LogP contribution in [0.2, 0.25) is 0 Å². The van der Waals surface area contributed by atoms with Crippen LogP contribution in [0.1, 0.15) is 40.5 Å². The summed E-state index contributed by atoms with van der Waals surface area (Å²) in [6, 6.07) is 0.138. The molecule has 1 aliphatic rings. The van der Waals surface area contributed by atoms with Crippen LogP contribution in [0.3, 0.4) is 0 Å². The molecule has 130 valence electrons. The second-order valence-electron chi connectivity index (χ2n) is 6.95. The van der Waals surface area contributed by atoms with Gasteiger partial charge < -0.3 is 24.4 Å². The summed E-state index contributed by atoms with van der Waals surface area (Å²) in [6.45, 7) is 10.2. The van der Waals surface area contributed by atoms with Crippen molar-refractivity contribution in [1.82, 2.24) is 10.2 Å². The van der Waals surface area contributed by atoms with Crippen LogP contribution in [-0.4, -0.2) is 62.8 Å². The van der Waals surface area contributed by atoms with E-state index in [1.54, 1.807) is 19.1 Å². The summed E-state index contributed by atoms with van der Waals surface area (Å²) in [7, 11) is 3.29. The fraction of sp³-hybridized carbons (Fsp3) is 0.938. The Kier molecular flexibility index (Phi) is 7.59. The average Bonchev–Trinajstić information content (AvgIpc) is 2.45. The molecule has 1 saturated heterocycles. The van der Waals surface area contributed by atoms with Gasteiger partial charge in [-0.2, -0.15) is 0 Å². The van der Waals surface area contributed by atoms with Crippen molar-refractivity contribution in [2.45, 2.75) is 58.5 Å². The van der Waals surface area contributed by atoms with Gasteiger partial charge in [-0.25, -0.2) is 4.79 Å². The molecule has 6 nitrogen and oxygen atoms in total. The molecule has 1 fully saturated rings. The number of amides is 1. The number of nitrogens with zero attached hydrogens (tertiary/aromatic N) is 1. The van der Waals surface area contributed by atoms with Crippen LogP contribution in [0.4, 0.5) is 4.79 Å². The minimum absolute atomic E-state index is 0.138. The summed E-state index contributed by atoms with van der Waals surface area (Å²) >= 11 is 0. The highest BCUT2D eigenvalue weighted by atomic mass is 16.7. The molecule has 1 aliphatic heterocycles. The Labute approximate surface area is 134 Å². The van der Waals surface area contributed by atoms with Gasteiger partial charge in [0.05, 0.1) is 6.04 Å². The van der Waals surface area contributed by atoms with Gasteiger partial charge in [-0.15, -0.1) is 0 Å². The maximum Gasteiger partial charge on any atom is 0.410 e. The van der Waals surface area contributed by atoms with Crippen molar-refractivity contribution in [3.63, 3.8) is 0 Å². The minimum atomic E-state index is -0.430. The third-order valence-corrected chi connectivity index (χ3v) is 3.87. The van der Waals surface area contributed by atoms with Crippen LogP contribution >= 0.6 is 0 Å². The molecule has 0 aliphatic carbocycles. The van der Waals surface area contributed by atoms with Gasteiger partial charge in [0, 0.05) is 27.3 Å². The van der Waals surface area contributed by atoms with E-state index < -0.39 is 5.60 Å². The summed E-state index contributed by atoms with van der Waals surface area (Å²) in [5.41, 5.74) is -0.430. The Morgan fingerprint density at radius 1 is 1.23 bits per heavy atom.